The molecule has 1 aromatic heterocycles. The number of nitrogens with two attached hydrogens (primary N) is 1. The first-order valence-electron chi connectivity index (χ1n) is 8.06. The number of hydrogen-bond acceptors (Lipinski definition) is 4. The summed E-state index contributed by atoms with van der Waals surface area (Å²) in [6.45, 7) is 0.506. The topological polar surface area (TPSA) is 102 Å². The summed E-state index contributed by atoms with van der Waals surface area (Å²) in [7, 11) is -3.31. The van der Waals surface area contributed by atoms with Gasteiger partial charge in [-0.2, -0.15) is 0 Å². The number of nitrogens with zero attached hydrogens (tertiary/aromatic N) is 2. The molecular weight excluding hydrogens is 348 g/mol. The monoisotopic (exact) mass is 368 g/mol. The van der Waals surface area contributed by atoms with Gasteiger partial charge in [0.1, 0.15) is 11.7 Å². The van der Waals surface area contributed by atoms with Gasteiger partial charge < -0.3 is 10.3 Å². The Morgan fingerprint density at radius 2 is 1.77 bits per heavy atom. The molecule has 0 saturated carbocycles. The number of aromatic nitrogens is 2. The Morgan fingerprint density at radius 3 is 2.46 bits per heavy atom. The molecule has 2 aromatic carbocycles. The van der Waals surface area contributed by atoms with E-state index in [0.717, 1.165) is 11.4 Å². The quantitative estimate of drug-likeness (QED) is 0.514. The van der Waals surface area contributed by atoms with Gasteiger partial charge in [-0.3, -0.25) is 5.41 Å². The number of nitrogen functional groups attached to an aromatic ring is 1. The summed E-state index contributed by atoms with van der Waals surface area (Å²) in [6, 6.07) is 14.4. The van der Waals surface area contributed by atoms with Crippen LogP contribution in [0.2, 0.25) is 0 Å². The van der Waals surface area contributed by atoms with Crippen molar-refractivity contribution in [3.63, 3.8) is 0 Å². The second kappa shape index (κ2) is 7.13. The maximum absolute atomic E-state index is 12.0. The second-order valence-corrected chi connectivity index (χ2v) is 8.08. The predicted molar refractivity (Wildman–Crippen MR) is 101 cm³/mol. The molecule has 0 aliphatic rings. The first-order valence-corrected chi connectivity index (χ1v) is 9.95. The number of nitrogens with one attached hydrogen (secondary N) is 1. The van der Waals surface area contributed by atoms with E-state index < -0.39 is 9.84 Å². The van der Waals surface area contributed by atoms with Crippen LogP contribution in [0, 0.1) is 5.41 Å². The maximum atomic E-state index is 12.0. The standard InChI is InChI=1S/C19H20N4O2S/c1-26(24,25)17-9-5-3-6-14(17)12-18-22-10-11-23(18)13-15-7-2-4-8-16(15)19(20)21/h2-11H,12-13H2,1H3,(H3,20,21). The normalized spacial score (nSPS) is 11.4. The highest BCUT2D eigenvalue weighted by atomic mass is 32.2. The molecule has 0 amide bonds. The molecule has 0 saturated heterocycles. The van der Waals surface area contributed by atoms with Crippen LogP contribution in [0.3, 0.4) is 0 Å². The molecule has 1 heterocycles. The Morgan fingerprint density at radius 1 is 1.12 bits per heavy atom. The van der Waals surface area contributed by atoms with Crippen LogP contribution in [0.4, 0.5) is 0 Å². The number of benzene rings is 2. The first-order chi connectivity index (χ1) is 12.4. The first kappa shape index (κ1) is 17.9. The molecule has 0 spiro atoms. The summed E-state index contributed by atoms with van der Waals surface area (Å²) >= 11 is 0. The van der Waals surface area contributed by atoms with Crippen LogP contribution in [-0.2, 0) is 22.8 Å². The van der Waals surface area contributed by atoms with Crippen LogP contribution in [0.15, 0.2) is 65.8 Å². The number of hydrogen-bond donors (Lipinski definition) is 2. The summed E-state index contributed by atoms with van der Waals surface area (Å²) in [6.07, 6.45) is 5.14. The van der Waals surface area contributed by atoms with Crippen molar-refractivity contribution in [3.8, 4) is 0 Å². The van der Waals surface area contributed by atoms with Gasteiger partial charge >= 0.3 is 0 Å². The number of sulfone groups is 1. The lowest BCUT2D eigenvalue weighted by Gasteiger charge is -2.13. The fourth-order valence-electron chi connectivity index (χ4n) is 2.94. The van der Waals surface area contributed by atoms with Crippen molar-refractivity contribution in [2.75, 3.05) is 6.26 Å². The Balaban J connectivity index is 1.93. The molecule has 0 fully saturated rings. The molecule has 134 valence electrons. The Bertz CT molecular complexity index is 1050. The van der Waals surface area contributed by atoms with Crippen LogP contribution < -0.4 is 5.73 Å². The van der Waals surface area contributed by atoms with E-state index in [2.05, 4.69) is 4.98 Å². The SMILES string of the molecule is CS(=O)(=O)c1ccccc1Cc1nccn1Cc1ccccc1C(=N)N. The highest BCUT2D eigenvalue weighted by molar-refractivity contribution is 7.90. The molecule has 6 nitrogen and oxygen atoms in total. The van der Waals surface area contributed by atoms with Crippen molar-refractivity contribution in [2.45, 2.75) is 17.9 Å². The third-order valence-corrected chi connectivity index (χ3v) is 5.37. The lowest BCUT2D eigenvalue weighted by Crippen LogP contribution is -2.16. The molecule has 7 heteroatoms. The summed E-state index contributed by atoms with van der Waals surface area (Å²) < 4.78 is 26.0. The smallest absolute Gasteiger partial charge is 0.175 e. The number of amidine groups is 1. The molecule has 3 rings (SSSR count). The van der Waals surface area contributed by atoms with Gasteiger partial charge in [0.15, 0.2) is 9.84 Å². The highest BCUT2D eigenvalue weighted by Crippen LogP contribution is 2.19. The van der Waals surface area contributed by atoms with Crippen molar-refractivity contribution >= 4 is 15.7 Å². The van der Waals surface area contributed by atoms with E-state index in [0.29, 0.717) is 29.0 Å². The third kappa shape index (κ3) is 3.83. The molecule has 0 aliphatic carbocycles. The van der Waals surface area contributed by atoms with Crippen molar-refractivity contribution in [1.29, 1.82) is 5.41 Å². The lowest BCUT2D eigenvalue weighted by molar-refractivity contribution is 0.600. The van der Waals surface area contributed by atoms with Crippen LogP contribution in [0.1, 0.15) is 22.5 Å². The molecule has 0 unspecified atom stereocenters. The predicted octanol–water partition coefficient (Wildman–Crippen LogP) is 2.21. The van der Waals surface area contributed by atoms with Gasteiger partial charge in [0.2, 0.25) is 0 Å². The van der Waals surface area contributed by atoms with E-state index in [1.807, 2.05) is 41.1 Å². The Kier molecular flexibility index (Phi) is 4.90. The molecule has 0 aliphatic heterocycles. The molecule has 3 aromatic rings. The minimum atomic E-state index is -3.31. The van der Waals surface area contributed by atoms with Gasteiger partial charge in [0.05, 0.1) is 4.90 Å². The van der Waals surface area contributed by atoms with Crippen LogP contribution in [-0.4, -0.2) is 30.1 Å². The average molecular weight is 368 g/mol. The summed E-state index contributed by atoms with van der Waals surface area (Å²) in [5.74, 6) is 0.768. The van der Waals surface area contributed by atoms with Crippen molar-refractivity contribution in [2.24, 2.45) is 5.73 Å². The van der Waals surface area contributed by atoms with Crippen molar-refractivity contribution in [3.05, 3.63) is 83.4 Å². The van der Waals surface area contributed by atoms with E-state index in [9.17, 15) is 8.42 Å². The fraction of sp³-hybridized carbons (Fsp3) is 0.158. The summed E-state index contributed by atoms with van der Waals surface area (Å²) in [5, 5.41) is 7.72. The molecule has 0 atom stereocenters. The highest BCUT2D eigenvalue weighted by Gasteiger charge is 2.15. The summed E-state index contributed by atoms with van der Waals surface area (Å²) in [4.78, 5) is 4.71. The van der Waals surface area contributed by atoms with Gasteiger partial charge in [-0.1, -0.05) is 42.5 Å². The van der Waals surface area contributed by atoms with Crippen molar-refractivity contribution in [1.82, 2.24) is 9.55 Å². The van der Waals surface area contributed by atoms with Crippen molar-refractivity contribution < 1.29 is 8.42 Å². The number of imidazole rings is 1. The molecular formula is C19H20N4O2S. The average Bonchev–Trinajstić information content (AvgIpc) is 3.01. The molecule has 0 bridgehead atoms. The largest absolute Gasteiger partial charge is 0.384 e. The van der Waals surface area contributed by atoms with Gasteiger partial charge in [0, 0.05) is 37.2 Å². The Hall–Kier alpha value is -2.93. The van der Waals surface area contributed by atoms with E-state index >= 15 is 0 Å². The van der Waals surface area contributed by atoms with Gasteiger partial charge in [-0.25, -0.2) is 13.4 Å². The molecule has 3 N–H and O–H groups in total. The van der Waals surface area contributed by atoms with E-state index in [-0.39, 0.29) is 5.84 Å². The zero-order chi connectivity index (χ0) is 18.7. The van der Waals surface area contributed by atoms with Crippen LogP contribution in [0.25, 0.3) is 0 Å². The molecule has 26 heavy (non-hydrogen) atoms. The van der Waals surface area contributed by atoms with E-state index in [4.69, 9.17) is 11.1 Å². The third-order valence-electron chi connectivity index (χ3n) is 4.17. The lowest BCUT2D eigenvalue weighted by atomic mass is 10.1. The van der Waals surface area contributed by atoms with Gasteiger partial charge in [-0.15, -0.1) is 0 Å². The summed E-state index contributed by atoms with van der Waals surface area (Å²) in [5.41, 5.74) is 7.97. The molecule has 0 radical (unpaired) electrons. The van der Waals surface area contributed by atoms with Crippen LogP contribution >= 0.6 is 0 Å². The van der Waals surface area contributed by atoms with Gasteiger partial charge in [-0.05, 0) is 17.2 Å². The van der Waals surface area contributed by atoms with Gasteiger partial charge in [0.25, 0.3) is 0 Å². The fourth-order valence-corrected chi connectivity index (χ4v) is 3.88. The zero-order valence-electron chi connectivity index (χ0n) is 14.4. The Labute approximate surface area is 152 Å². The zero-order valence-corrected chi connectivity index (χ0v) is 15.2. The van der Waals surface area contributed by atoms with Crippen LogP contribution in [0.5, 0.6) is 0 Å². The maximum Gasteiger partial charge on any atom is 0.175 e. The minimum Gasteiger partial charge on any atom is -0.384 e. The second-order valence-electron chi connectivity index (χ2n) is 6.10. The minimum absolute atomic E-state index is 0.0182. The number of rotatable bonds is 6. The van der Waals surface area contributed by atoms with E-state index in [1.54, 1.807) is 24.4 Å². The van der Waals surface area contributed by atoms with E-state index in [1.165, 1.54) is 6.26 Å².